The van der Waals surface area contributed by atoms with Crippen LogP contribution >= 0.6 is 15.9 Å². The molecule has 17 heavy (non-hydrogen) atoms. The minimum Gasteiger partial charge on any atom is -0.388 e. The Morgan fingerprint density at radius 3 is 2.59 bits per heavy atom. The van der Waals surface area contributed by atoms with Gasteiger partial charge in [0.1, 0.15) is 11.6 Å². The van der Waals surface area contributed by atoms with Crippen LogP contribution in [0, 0.1) is 17.6 Å². The monoisotopic (exact) mass is 305 g/mol. The van der Waals surface area contributed by atoms with Gasteiger partial charge in [0.05, 0.1) is 10.1 Å². The SMILES string of the molecule is NCC(O)(Cc1c(F)ccc(Br)c1F)C1CC1. The molecule has 1 unspecified atom stereocenters. The predicted molar refractivity (Wildman–Crippen MR) is 64.5 cm³/mol. The lowest BCUT2D eigenvalue weighted by Crippen LogP contribution is -2.42. The van der Waals surface area contributed by atoms with Gasteiger partial charge in [0.15, 0.2) is 0 Å². The van der Waals surface area contributed by atoms with Crippen LogP contribution in [0.1, 0.15) is 18.4 Å². The van der Waals surface area contributed by atoms with Crippen molar-refractivity contribution in [3.05, 3.63) is 33.8 Å². The number of nitrogens with two attached hydrogens (primary N) is 1. The molecule has 0 bridgehead atoms. The highest BCUT2D eigenvalue weighted by atomic mass is 79.9. The fourth-order valence-electron chi connectivity index (χ4n) is 2.04. The zero-order chi connectivity index (χ0) is 12.6. The highest BCUT2D eigenvalue weighted by Gasteiger charge is 2.43. The third-order valence-corrected chi connectivity index (χ3v) is 3.93. The van der Waals surface area contributed by atoms with Gasteiger partial charge in [-0.05, 0) is 46.8 Å². The Morgan fingerprint density at radius 2 is 2.06 bits per heavy atom. The molecule has 0 heterocycles. The Morgan fingerprint density at radius 1 is 1.41 bits per heavy atom. The van der Waals surface area contributed by atoms with Crippen molar-refractivity contribution in [2.75, 3.05) is 6.54 Å². The lowest BCUT2D eigenvalue weighted by molar-refractivity contribution is 0.0250. The summed E-state index contributed by atoms with van der Waals surface area (Å²) in [6, 6.07) is 2.50. The molecule has 3 N–H and O–H groups in total. The van der Waals surface area contributed by atoms with E-state index in [0.717, 1.165) is 12.8 Å². The van der Waals surface area contributed by atoms with E-state index in [1.54, 1.807) is 0 Å². The summed E-state index contributed by atoms with van der Waals surface area (Å²) in [5.74, 6) is -1.24. The molecular weight excluding hydrogens is 292 g/mol. The largest absolute Gasteiger partial charge is 0.388 e. The maximum absolute atomic E-state index is 13.8. The van der Waals surface area contributed by atoms with E-state index in [1.165, 1.54) is 12.1 Å². The minimum absolute atomic E-state index is 0.0169. The highest BCUT2D eigenvalue weighted by Crippen LogP contribution is 2.41. The van der Waals surface area contributed by atoms with E-state index < -0.39 is 17.2 Å². The molecule has 94 valence electrons. The molecule has 0 saturated heterocycles. The van der Waals surface area contributed by atoms with Crippen molar-refractivity contribution in [2.24, 2.45) is 11.7 Å². The van der Waals surface area contributed by atoms with Gasteiger partial charge in [-0.2, -0.15) is 0 Å². The van der Waals surface area contributed by atoms with Gasteiger partial charge in [-0.15, -0.1) is 0 Å². The number of hydrogen-bond donors (Lipinski definition) is 2. The van der Waals surface area contributed by atoms with E-state index in [9.17, 15) is 13.9 Å². The summed E-state index contributed by atoms with van der Waals surface area (Å²) in [6.45, 7) is 0.0169. The molecular formula is C12H14BrF2NO. The quantitative estimate of drug-likeness (QED) is 0.839. The third kappa shape index (κ3) is 2.51. The summed E-state index contributed by atoms with van der Waals surface area (Å²) in [5, 5.41) is 10.3. The maximum Gasteiger partial charge on any atom is 0.143 e. The van der Waals surface area contributed by atoms with Crippen LogP contribution in [0.15, 0.2) is 16.6 Å². The molecule has 0 aliphatic heterocycles. The summed E-state index contributed by atoms with van der Waals surface area (Å²) in [6.07, 6.45) is 1.65. The lowest BCUT2D eigenvalue weighted by Gasteiger charge is -2.27. The number of rotatable bonds is 4. The Labute approximate surface area is 107 Å². The zero-order valence-electron chi connectivity index (χ0n) is 9.22. The van der Waals surface area contributed by atoms with Crippen LogP contribution in [-0.4, -0.2) is 17.3 Å². The second-order valence-corrected chi connectivity index (χ2v) is 5.43. The molecule has 1 saturated carbocycles. The average molecular weight is 306 g/mol. The fourth-order valence-corrected chi connectivity index (χ4v) is 2.41. The number of aliphatic hydroxyl groups is 1. The molecule has 0 amide bonds. The molecule has 1 fully saturated rings. The average Bonchev–Trinajstić information content (AvgIpc) is 3.14. The number of benzene rings is 1. The van der Waals surface area contributed by atoms with Gasteiger partial charge in [0.2, 0.25) is 0 Å². The standard InChI is InChI=1S/C12H14BrF2NO/c13-9-3-4-10(14)8(11(9)15)5-12(17,6-16)7-1-2-7/h3-4,7,17H,1-2,5-6,16H2. The number of hydrogen-bond acceptors (Lipinski definition) is 2. The van der Waals surface area contributed by atoms with Gasteiger partial charge in [-0.1, -0.05) is 0 Å². The Bertz CT molecular complexity index is 437. The van der Waals surface area contributed by atoms with E-state index in [0.29, 0.717) is 0 Å². The van der Waals surface area contributed by atoms with Crippen molar-refractivity contribution in [3.8, 4) is 0 Å². The predicted octanol–water partition coefficient (Wildman–Crippen LogP) is 2.37. The first kappa shape index (κ1) is 12.9. The van der Waals surface area contributed by atoms with Crippen molar-refractivity contribution in [1.29, 1.82) is 0 Å². The summed E-state index contributed by atoms with van der Waals surface area (Å²) in [5.41, 5.74) is 4.24. The first-order valence-electron chi connectivity index (χ1n) is 5.53. The van der Waals surface area contributed by atoms with Crippen LogP contribution in [0.3, 0.4) is 0 Å². The van der Waals surface area contributed by atoms with Crippen LogP contribution < -0.4 is 5.73 Å². The molecule has 1 aromatic rings. The van der Waals surface area contributed by atoms with Crippen LogP contribution in [0.25, 0.3) is 0 Å². The third-order valence-electron chi connectivity index (χ3n) is 3.31. The smallest absolute Gasteiger partial charge is 0.143 e. The molecule has 1 aliphatic carbocycles. The molecule has 2 rings (SSSR count). The van der Waals surface area contributed by atoms with Gasteiger partial charge in [0, 0.05) is 18.5 Å². The van der Waals surface area contributed by atoms with E-state index in [4.69, 9.17) is 5.73 Å². The second-order valence-electron chi connectivity index (χ2n) is 4.58. The molecule has 1 aromatic carbocycles. The van der Waals surface area contributed by atoms with E-state index in [-0.39, 0.29) is 28.9 Å². The van der Waals surface area contributed by atoms with Crippen LogP contribution in [0.5, 0.6) is 0 Å². The van der Waals surface area contributed by atoms with Crippen molar-refractivity contribution >= 4 is 15.9 Å². The molecule has 5 heteroatoms. The highest BCUT2D eigenvalue weighted by molar-refractivity contribution is 9.10. The van der Waals surface area contributed by atoms with Crippen LogP contribution in [0.4, 0.5) is 8.78 Å². The normalized spacial score (nSPS) is 19.1. The summed E-state index contributed by atoms with van der Waals surface area (Å²) in [4.78, 5) is 0. The fraction of sp³-hybridized carbons (Fsp3) is 0.500. The maximum atomic E-state index is 13.8. The Kier molecular flexibility index (Phi) is 3.52. The first-order valence-corrected chi connectivity index (χ1v) is 6.32. The van der Waals surface area contributed by atoms with Crippen molar-refractivity contribution in [3.63, 3.8) is 0 Å². The summed E-state index contributed by atoms with van der Waals surface area (Å²) < 4.78 is 27.5. The lowest BCUT2D eigenvalue weighted by atomic mass is 9.89. The Hall–Kier alpha value is -0.520. The minimum atomic E-state index is -1.19. The molecule has 0 aromatic heterocycles. The van der Waals surface area contributed by atoms with Gasteiger partial charge >= 0.3 is 0 Å². The van der Waals surface area contributed by atoms with Gasteiger partial charge in [-0.3, -0.25) is 0 Å². The van der Waals surface area contributed by atoms with Crippen molar-refractivity contribution in [2.45, 2.75) is 24.9 Å². The number of halogens is 3. The zero-order valence-corrected chi connectivity index (χ0v) is 10.8. The molecule has 1 aliphatic rings. The van der Waals surface area contributed by atoms with E-state index in [2.05, 4.69) is 15.9 Å². The van der Waals surface area contributed by atoms with Crippen molar-refractivity contribution < 1.29 is 13.9 Å². The first-order chi connectivity index (χ1) is 7.98. The molecule has 2 nitrogen and oxygen atoms in total. The second kappa shape index (κ2) is 4.63. The molecule has 0 radical (unpaired) electrons. The van der Waals surface area contributed by atoms with Crippen molar-refractivity contribution in [1.82, 2.24) is 0 Å². The molecule has 1 atom stereocenters. The van der Waals surface area contributed by atoms with E-state index in [1.807, 2.05) is 0 Å². The van der Waals surface area contributed by atoms with Gasteiger partial charge < -0.3 is 10.8 Å². The summed E-state index contributed by atoms with van der Waals surface area (Å²) in [7, 11) is 0. The van der Waals surface area contributed by atoms with Gasteiger partial charge in [0.25, 0.3) is 0 Å². The van der Waals surface area contributed by atoms with Crippen LogP contribution in [-0.2, 0) is 6.42 Å². The Balaban J connectivity index is 2.31. The topological polar surface area (TPSA) is 46.2 Å². The van der Waals surface area contributed by atoms with Crippen LogP contribution in [0.2, 0.25) is 0 Å². The van der Waals surface area contributed by atoms with E-state index >= 15 is 0 Å². The molecule has 0 spiro atoms. The van der Waals surface area contributed by atoms with Gasteiger partial charge in [-0.25, -0.2) is 8.78 Å². The summed E-state index contributed by atoms with van der Waals surface area (Å²) >= 11 is 3.01.